The molecule has 0 aliphatic carbocycles. The van der Waals surface area contributed by atoms with E-state index < -0.39 is 0 Å². The van der Waals surface area contributed by atoms with Crippen LogP contribution in [0.3, 0.4) is 0 Å². The molecule has 0 rings (SSSR count). The Balaban J connectivity index is 3.48. The topological polar surface area (TPSA) is 52.6 Å². The molecule has 0 saturated heterocycles. The molecule has 0 aliphatic heterocycles. The monoisotopic (exact) mass is 284 g/mol. The number of allylic oxidation sites excluding steroid dienone is 1. The van der Waals surface area contributed by atoms with E-state index in [0.29, 0.717) is 19.1 Å². The Kier molecular flexibility index (Phi) is 11.9. The molecule has 0 radical (unpaired) electrons. The Morgan fingerprint density at radius 2 is 1.60 bits per heavy atom. The Labute approximate surface area is 122 Å². The van der Waals surface area contributed by atoms with Gasteiger partial charge in [0.05, 0.1) is 26.1 Å². The molecule has 0 aliphatic rings. The first-order chi connectivity index (χ1) is 9.56. The van der Waals surface area contributed by atoms with Crippen LogP contribution in [0, 0.1) is 5.92 Å². The SMILES string of the molecule is CC/C=C/CCOC(=O)CCC(=O)OCCCC(C)C. The van der Waals surface area contributed by atoms with Gasteiger partial charge in [0.1, 0.15) is 0 Å². The van der Waals surface area contributed by atoms with Gasteiger partial charge in [0, 0.05) is 0 Å². The Bertz CT molecular complexity index is 295. The summed E-state index contributed by atoms with van der Waals surface area (Å²) < 4.78 is 10.0. The first-order valence-corrected chi connectivity index (χ1v) is 7.52. The lowest BCUT2D eigenvalue weighted by atomic mass is 10.1. The van der Waals surface area contributed by atoms with Crippen LogP contribution >= 0.6 is 0 Å². The lowest BCUT2D eigenvalue weighted by molar-refractivity contribution is -0.150. The van der Waals surface area contributed by atoms with Crippen molar-refractivity contribution in [1.82, 2.24) is 0 Å². The normalized spacial score (nSPS) is 11.0. The average Bonchev–Trinajstić information content (AvgIpc) is 2.41. The lowest BCUT2D eigenvalue weighted by Gasteiger charge is -2.06. The van der Waals surface area contributed by atoms with Crippen LogP contribution in [0.5, 0.6) is 0 Å². The molecule has 0 fully saturated rings. The highest BCUT2D eigenvalue weighted by molar-refractivity contribution is 5.77. The molecule has 20 heavy (non-hydrogen) atoms. The predicted molar refractivity (Wildman–Crippen MR) is 79.3 cm³/mol. The van der Waals surface area contributed by atoms with Crippen LogP contribution in [0.1, 0.15) is 59.3 Å². The molecule has 0 atom stereocenters. The van der Waals surface area contributed by atoms with Crippen LogP contribution in [-0.4, -0.2) is 25.2 Å². The quantitative estimate of drug-likeness (QED) is 0.330. The molecule has 0 saturated carbocycles. The highest BCUT2D eigenvalue weighted by Gasteiger charge is 2.08. The molecule has 4 nitrogen and oxygen atoms in total. The second-order valence-corrected chi connectivity index (χ2v) is 5.15. The van der Waals surface area contributed by atoms with Crippen LogP contribution < -0.4 is 0 Å². The standard InChI is InChI=1S/C16H28O4/c1-4-5-6-7-12-19-15(17)10-11-16(18)20-13-8-9-14(2)3/h5-6,14H,4,7-13H2,1-3H3/b6-5+. The van der Waals surface area contributed by atoms with Gasteiger partial charge >= 0.3 is 11.9 Å². The van der Waals surface area contributed by atoms with Crippen molar-refractivity contribution >= 4 is 11.9 Å². The van der Waals surface area contributed by atoms with E-state index in [2.05, 4.69) is 20.8 Å². The summed E-state index contributed by atoms with van der Waals surface area (Å²) in [5, 5.41) is 0. The summed E-state index contributed by atoms with van der Waals surface area (Å²) >= 11 is 0. The Morgan fingerprint density at radius 3 is 2.15 bits per heavy atom. The summed E-state index contributed by atoms with van der Waals surface area (Å²) in [4.78, 5) is 22.7. The molecule has 116 valence electrons. The van der Waals surface area contributed by atoms with Gasteiger partial charge in [-0.15, -0.1) is 0 Å². The fourth-order valence-electron chi connectivity index (χ4n) is 1.55. The van der Waals surface area contributed by atoms with Crippen molar-refractivity contribution in [3.8, 4) is 0 Å². The first-order valence-electron chi connectivity index (χ1n) is 7.52. The third kappa shape index (κ3) is 13.1. The fourth-order valence-corrected chi connectivity index (χ4v) is 1.55. The van der Waals surface area contributed by atoms with Crippen molar-refractivity contribution < 1.29 is 19.1 Å². The maximum Gasteiger partial charge on any atom is 0.306 e. The van der Waals surface area contributed by atoms with Crippen molar-refractivity contribution in [2.75, 3.05) is 13.2 Å². The minimum atomic E-state index is -0.339. The molecule has 0 aromatic carbocycles. The van der Waals surface area contributed by atoms with Gasteiger partial charge in [-0.1, -0.05) is 32.9 Å². The second-order valence-electron chi connectivity index (χ2n) is 5.15. The fraction of sp³-hybridized carbons (Fsp3) is 0.750. The molecular weight excluding hydrogens is 256 g/mol. The maximum atomic E-state index is 11.4. The van der Waals surface area contributed by atoms with E-state index >= 15 is 0 Å². The molecule has 0 amide bonds. The summed E-state index contributed by atoms with van der Waals surface area (Å²) in [6.45, 7) is 7.13. The third-order valence-electron chi connectivity index (χ3n) is 2.67. The summed E-state index contributed by atoms with van der Waals surface area (Å²) in [5.74, 6) is -0.0453. The predicted octanol–water partition coefficient (Wildman–Crippen LogP) is 3.65. The smallest absolute Gasteiger partial charge is 0.306 e. The highest BCUT2D eigenvalue weighted by Crippen LogP contribution is 2.04. The number of carbonyl (C=O) groups is 2. The number of esters is 2. The summed E-state index contributed by atoms with van der Waals surface area (Å²) in [7, 11) is 0. The van der Waals surface area contributed by atoms with E-state index in [1.165, 1.54) is 0 Å². The largest absolute Gasteiger partial charge is 0.466 e. The van der Waals surface area contributed by atoms with Gasteiger partial charge in [-0.2, -0.15) is 0 Å². The van der Waals surface area contributed by atoms with Crippen molar-refractivity contribution in [1.29, 1.82) is 0 Å². The zero-order valence-electron chi connectivity index (χ0n) is 13.0. The van der Waals surface area contributed by atoms with E-state index in [9.17, 15) is 9.59 Å². The van der Waals surface area contributed by atoms with Crippen molar-refractivity contribution in [3.63, 3.8) is 0 Å². The van der Waals surface area contributed by atoms with Crippen molar-refractivity contribution in [2.45, 2.75) is 59.3 Å². The summed E-state index contributed by atoms with van der Waals surface area (Å²) in [6, 6.07) is 0. The van der Waals surface area contributed by atoms with Crippen LogP contribution in [0.2, 0.25) is 0 Å². The molecule has 0 unspecified atom stereocenters. The van der Waals surface area contributed by atoms with Crippen molar-refractivity contribution in [2.24, 2.45) is 5.92 Å². The number of ether oxygens (including phenoxy) is 2. The van der Waals surface area contributed by atoms with Gasteiger partial charge in [0.15, 0.2) is 0 Å². The molecule has 0 aromatic rings. The average molecular weight is 284 g/mol. The zero-order chi connectivity index (χ0) is 15.2. The van der Waals surface area contributed by atoms with Gasteiger partial charge in [0.2, 0.25) is 0 Å². The molecule has 4 heteroatoms. The number of rotatable bonds is 11. The maximum absolute atomic E-state index is 11.4. The second kappa shape index (κ2) is 12.7. The number of hydrogen-bond acceptors (Lipinski definition) is 4. The highest BCUT2D eigenvalue weighted by atomic mass is 16.5. The number of carbonyl (C=O) groups excluding carboxylic acids is 2. The van der Waals surface area contributed by atoms with E-state index in [-0.39, 0.29) is 24.8 Å². The molecule has 0 aromatic heterocycles. The molecular formula is C16H28O4. The van der Waals surface area contributed by atoms with Crippen LogP contribution in [0.25, 0.3) is 0 Å². The van der Waals surface area contributed by atoms with Gasteiger partial charge in [-0.3, -0.25) is 9.59 Å². The molecule has 0 N–H and O–H groups in total. The Morgan fingerprint density at radius 1 is 1.00 bits per heavy atom. The summed E-state index contributed by atoms with van der Waals surface area (Å²) in [5.41, 5.74) is 0. The van der Waals surface area contributed by atoms with Gasteiger partial charge in [0.25, 0.3) is 0 Å². The number of hydrogen-bond donors (Lipinski definition) is 0. The van der Waals surface area contributed by atoms with Crippen molar-refractivity contribution in [3.05, 3.63) is 12.2 Å². The van der Waals surface area contributed by atoms with Gasteiger partial charge in [-0.25, -0.2) is 0 Å². The van der Waals surface area contributed by atoms with Crippen LogP contribution in [0.4, 0.5) is 0 Å². The minimum absolute atomic E-state index is 0.0977. The first kappa shape index (κ1) is 18.7. The van der Waals surface area contributed by atoms with Gasteiger partial charge in [-0.05, 0) is 31.6 Å². The lowest BCUT2D eigenvalue weighted by Crippen LogP contribution is -2.11. The third-order valence-corrected chi connectivity index (χ3v) is 2.67. The van der Waals surface area contributed by atoms with E-state index in [0.717, 1.165) is 25.7 Å². The van der Waals surface area contributed by atoms with Crippen LogP contribution in [0.15, 0.2) is 12.2 Å². The van der Waals surface area contributed by atoms with Gasteiger partial charge < -0.3 is 9.47 Å². The van der Waals surface area contributed by atoms with E-state index in [4.69, 9.17) is 9.47 Å². The summed E-state index contributed by atoms with van der Waals surface area (Å²) in [6.07, 6.45) is 7.83. The van der Waals surface area contributed by atoms with E-state index in [1.807, 2.05) is 12.2 Å². The van der Waals surface area contributed by atoms with E-state index in [1.54, 1.807) is 0 Å². The van der Waals surface area contributed by atoms with Crippen LogP contribution in [-0.2, 0) is 19.1 Å². The zero-order valence-corrected chi connectivity index (χ0v) is 13.0. The Hall–Kier alpha value is -1.32. The molecule has 0 spiro atoms. The molecule has 0 heterocycles. The molecule has 0 bridgehead atoms. The minimum Gasteiger partial charge on any atom is -0.466 e.